The average molecular weight is 378 g/mol. The number of benzene rings is 1. The number of fused-ring (bicyclic) bond motifs is 1. The lowest BCUT2D eigenvalue weighted by Crippen LogP contribution is -2.48. The number of amides is 1. The number of carbonyl (C=O) groups excluding carboxylic acids is 1. The van der Waals surface area contributed by atoms with Crippen LogP contribution in [0, 0.1) is 0 Å². The van der Waals surface area contributed by atoms with Crippen molar-refractivity contribution < 1.29 is 14.7 Å². The first-order chi connectivity index (χ1) is 13.5. The van der Waals surface area contributed by atoms with E-state index in [-0.39, 0.29) is 18.2 Å². The van der Waals surface area contributed by atoms with Gasteiger partial charge in [-0.3, -0.25) is 9.48 Å². The second-order valence-electron chi connectivity index (χ2n) is 6.60. The zero-order valence-corrected chi connectivity index (χ0v) is 14.9. The van der Waals surface area contributed by atoms with Crippen molar-refractivity contribution in [2.75, 3.05) is 6.54 Å². The molecule has 1 atom stereocenters. The Morgan fingerprint density at radius 2 is 2.04 bits per heavy atom. The third-order valence-corrected chi connectivity index (χ3v) is 4.65. The lowest BCUT2D eigenvalue weighted by atomic mass is 9.91. The summed E-state index contributed by atoms with van der Waals surface area (Å²) in [4.78, 5) is 32.4. The van der Waals surface area contributed by atoms with Gasteiger partial charge in [0.05, 0.1) is 12.2 Å². The van der Waals surface area contributed by atoms with Crippen molar-refractivity contribution in [3.63, 3.8) is 0 Å². The molecule has 142 valence electrons. The van der Waals surface area contributed by atoms with E-state index in [2.05, 4.69) is 20.4 Å². The first kappa shape index (κ1) is 17.8. The molecular formula is C19H18N6O3. The molecule has 1 amide bonds. The molecule has 0 bridgehead atoms. The summed E-state index contributed by atoms with van der Waals surface area (Å²) in [5, 5.41) is 16.9. The van der Waals surface area contributed by atoms with Gasteiger partial charge in [0.15, 0.2) is 11.4 Å². The highest BCUT2D eigenvalue weighted by atomic mass is 16.4. The summed E-state index contributed by atoms with van der Waals surface area (Å²) in [5.74, 6) is -1.45. The van der Waals surface area contributed by atoms with Crippen LogP contribution in [-0.4, -0.2) is 43.3 Å². The topological polar surface area (TPSA) is 136 Å². The van der Waals surface area contributed by atoms with Crippen LogP contribution >= 0.6 is 0 Å². The molecule has 4 N–H and O–H groups in total. The van der Waals surface area contributed by atoms with E-state index in [0.717, 1.165) is 5.56 Å². The number of carboxylic acids is 1. The Morgan fingerprint density at radius 3 is 2.75 bits per heavy atom. The first-order valence-corrected chi connectivity index (χ1v) is 8.73. The van der Waals surface area contributed by atoms with Crippen molar-refractivity contribution in [3.8, 4) is 11.4 Å². The number of aromatic nitrogens is 4. The normalized spacial score (nSPS) is 15.4. The number of carbonyl (C=O) groups is 2. The summed E-state index contributed by atoms with van der Waals surface area (Å²) in [5.41, 5.74) is 6.51. The zero-order chi connectivity index (χ0) is 19.7. The molecule has 0 saturated heterocycles. The molecule has 28 heavy (non-hydrogen) atoms. The maximum atomic E-state index is 12.0. The van der Waals surface area contributed by atoms with Crippen LogP contribution < -0.4 is 11.1 Å². The second kappa shape index (κ2) is 6.86. The Labute approximate surface area is 160 Å². The lowest BCUT2D eigenvalue weighted by molar-refractivity contribution is -0.144. The van der Waals surface area contributed by atoms with E-state index in [1.54, 1.807) is 28.9 Å². The first-order valence-electron chi connectivity index (χ1n) is 8.73. The number of carboxylic acid groups (broad SMARTS) is 1. The molecule has 9 nitrogen and oxygen atoms in total. The van der Waals surface area contributed by atoms with E-state index in [0.29, 0.717) is 30.2 Å². The van der Waals surface area contributed by atoms with E-state index in [4.69, 9.17) is 5.73 Å². The molecule has 0 unspecified atom stereocenters. The smallest absolute Gasteiger partial charge is 0.332 e. The molecule has 0 fully saturated rings. The van der Waals surface area contributed by atoms with Gasteiger partial charge in [-0.25, -0.2) is 14.8 Å². The maximum absolute atomic E-state index is 12.0. The largest absolute Gasteiger partial charge is 0.480 e. The molecule has 0 spiro atoms. The summed E-state index contributed by atoms with van der Waals surface area (Å²) in [6.45, 7) is 1.06. The molecule has 0 aliphatic carbocycles. The van der Waals surface area contributed by atoms with Gasteiger partial charge in [0.2, 0.25) is 0 Å². The second-order valence-corrected chi connectivity index (χ2v) is 6.60. The maximum Gasteiger partial charge on any atom is 0.332 e. The number of nitrogens with one attached hydrogen (secondary N) is 1. The van der Waals surface area contributed by atoms with Gasteiger partial charge in [0.25, 0.3) is 5.91 Å². The fourth-order valence-corrected chi connectivity index (χ4v) is 3.15. The lowest BCUT2D eigenvalue weighted by Gasteiger charge is -2.23. The van der Waals surface area contributed by atoms with Crippen molar-refractivity contribution >= 4 is 11.9 Å². The molecule has 1 aliphatic heterocycles. The van der Waals surface area contributed by atoms with Gasteiger partial charge in [0.1, 0.15) is 11.4 Å². The van der Waals surface area contributed by atoms with Gasteiger partial charge in [-0.1, -0.05) is 30.3 Å². The van der Waals surface area contributed by atoms with Crippen LogP contribution in [0.25, 0.3) is 11.4 Å². The minimum atomic E-state index is -1.80. The van der Waals surface area contributed by atoms with Crippen LogP contribution in [0.2, 0.25) is 0 Å². The molecule has 3 aromatic rings. The third kappa shape index (κ3) is 3.12. The molecule has 4 rings (SSSR count). The average Bonchev–Trinajstić information content (AvgIpc) is 3.14. The quantitative estimate of drug-likeness (QED) is 0.590. The predicted octanol–water partition coefficient (Wildman–Crippen LogP) is 0.565. The fourth-order valence-electron chi connectivity index (χ4n) is 3.15. The monoisotopic (exact) mass is 378 g/mol. The van der Waals surface area contributed by atoms with Crippen LogP contribution in [0.3, 0.4) is 0 Å². The van der Waals surface area contributed by atoms with Gasteiger partial charge in [-0.2, -0.15) is 5.10 Å². The van der Waals surface area contributed by atoms with E-state index >= 15 is 0 Å². The van der Waals surface area contributed by atoms with E-state index in [1.807, 2.05) is 18.2 Å². The summed E-state index contributed by atoms with van der Waals surface area (Å²) in [6, 6.07) is 12.3. The highest BCUT2D eigenvalue weighted by Gasteiger charge is 2.39. The Morgan fingerprint density at radius 1 is 1.25 bits per heavy atom. The molecule has 0 radical (unpaired) electrons. The van der Waals surface area contributed by atoms with Crippen LogP contribution in [0.1, 0.15) is 21.9 Å². The van der Waals surface area contributed by atoms with E-state index < -0.39 is 11.5 Å². The van der Waals surface area contributed by atoms with Gasteiger partial charge < -0.3 is 16.2 Å². The molecule has 1 aliphatic rings. The van der Waals surface area contributed by atoms with Gasteiger partial charge in [0, 0.05) is 19.2 Å². The standard InChI is InChI=1S/C19H18N6O3/c20-19(18(27)28,11-12-4-2-1-3-5-12)17-22-7-6-13(23-17)14-10-15-16(26)21-8-9-25(15)24-14/h1-7,10H,8-9,11,20H2,(H,21,26)(H,27,28)/t19-/m1/s1. The van der Waals surface area contributed by atoms with Gasteiger partial charge in [-0.15, -0.1) is 0 Å². The Kier molecular flexibility index (Phi) is 4.36. The van der Waals surface area contributed by atoms with Gasteiger partial charge in [-0.05, 0) is 17.7 Å². The molecule has 0 saturated carbocycles. The molecule has 3 heterocycles. The Balaban J connectivity index is 1.72. The number of nitrogens with two attached hydrogens (primary N) is 1. The van der Waals surface area contributed by atoms with Crippen LogP contribution in [0.5, 0.6) is 0 Å². The van der Waals surface area contributed by atoms with E-state index in [9.17, 15) is 14.7 Å². The SMILES string of the molecule is N[C@@](Cc1ccccc1)(C(=O)O)c1nccc(-c2cc3n(n2)CCNC3=O)n1. The van der Waals surface area contributed by atoms with Gasteiger partial charge >= 0.3 is 5.97 Å². The number of aliphatic carboxylic acids is 1. The van der Waals surface area contributed by atoms with Crippen LogP contribution in [-0.2, 0) is 23.3 Å². The summed E-state index contributed by atoms with van der Waals surface area (Å²) in [7, 11) is 0. The third-order valence-electron chi connectivity index (χ3n) is 4.65. The number of rotatable bonds is 5. The minimum Gasteiger partial charge on any atom is -0.480 e. The van der Waals surface area contributed by atoms with Crippen LogP contribution in [0.15, 0.2) is 48.7 Å². The van der Waals surface area contributed by atoms with Crippen molar-refractivity contribution in [2.45, 2.75) is 18.5 Å². The summed E-state index contributed by atoms with van der Waals surface area (Å²) in [6.07, 6.45) is 1.49. The minimum absolute atomic E-state index is 0.0169. The molecule has 9 heteroatoms. The number of hydrogen-bond donors (Lipinski definition) is 3. The van der Waals surface area contributed by atoms with E-state index in [1.165, 1.54) is 6.20 Å². The van der Waals surface area contributed by atoms with Crippen molar-refractivity contribution in [1.29, 1.82) is 0 Å². The highest BCUT2D eigenvalue weighted by Crippen LogP contribution is 2.24. The zero-order valence-electron chi connectivity index (χ0n) is 14.9. The summed E-state index contributed by atoms with van der Waals surface area (Å²) < 4.78 is 1.60. The highest BCUT2D eigenvalue weighted by molar-refractivity contribution is 5.94. The van der Waals surface area contributed by atoms with Crippen molar-refractivity contribution in [1.82, 2.24) is 25.1 Å². The molecular weight excluding hydrogens is 360 g/mol. The Bertz CT molecular complexity index is 1050. The predicted molar refractivity (Wildman–Crippen MR) is 99.2 cm³/mol. The summed E-state index contributed by atoms with van der Waals surface area (Å²) >= 11 is 0. The molecule has 2 aromatic heterocycles. The van der Waals surface area contributed by atoms with Crippen molar-refractivity contribution in [3.05, 3.63) is 65.7 Å². The molecule has 1 aromatic carbocycles. The number of nitrogens with zero attached hydrogens (tertiary/aromatic N) is 4. The fraction of sp³-hybridized carbons (Fsp3) is 0.211. The van der Waals surface area contributed by atoms with Crippen LogP contribution in [0.4, 0.5) is 0 Å². The van der Waals surface area contributed by atoms with Crippen molar-refractivity contribution in [2.24, 2.45) is 5.73 Å². The number of hydrogen-bond acceptors (Lipinski definition) is 6. The Hall–Kier alpha value is -3.59.